The average molecular weight is 215 g/mol. The lowest BCUT2D eigenvalue weighted by Crippen LogP contribution is -2.11. The molecule has 0 bridgehead atoms. The summed E-state index contributed by atoms with van der Waals surface area (Å²) in [6.07, 6.45) is 7.96. The Labute approximate surface area is 91.3 Å². The minimum absolute atomic E-state index is 0.214. The van der Waals surface area contributed by atoms with Gasteiger partial charge in [0.1, 0.15) is 0 Å². The highest BCUT2D eigenvalue weighted by molar-refractivity contribution is 5.71. The van der Waals surface area contributed by atoms with Crippen molar-refractivity contribution >= 4 is 5.97 Å². The molecule has 0 heterocycles. The lowest BCUT2D eigenvalue weighted by molar-refractivity contribution is -0.148. The predicted molar refractivity (Wildman–Crippen MR) is 59.0 cm³/mol. The zero-order valence-electron chi connectivity index (χ0n) is 9.70. The topological polar surface area (TPSA) is 55.7 Å². The first kappa shape index (κ1) is 14.1. The van der Waals surface area contributed by atoms with Crippen LogP contribution in [0.3, 0.4) is 0 Å². The van der Waals surface area contributed by atoms with E-state index >= 15 is 0 Å². The van der Waals surface area contributed by atoms with E-state index in [-0.39, 0.29) is 5.92 Å². The molecule has 0 aromatic carbocycles. The van der Waals surface area contributed by atoms with Gasteiger partial charge in [-0.05, 0) is 6.42 Å². The van der Waals surface area contributed by atoms with Crippen molar-refractivity contribution in [1.29, 1.82) is 0 Å². The summed E-state index contributed by atoms with van der Waals surface area (Å²) in [5.74, 6) is -0.729. The van der Waals surface area contributed by atoms with Crippen molar-refractivity contribution < 1.29 is 9.63 Å². The van der Waals surface area contributed by atoms with Gasteiger partial charge < -0.3 is 0 Å². The number of carbonyl (C=O) groups is 1. The van der Waals surface area contributed by atoms with E-state index in [0.717, 1.165) is 19.3 Å². The van der Waals surface area contributed by atoms with E-state index in [1.54, 1.807) is 6.92 Å². The average Bonchev–Trinajstić information content (AvgIpc) is 2.23. The maximum atomic E-state index is 11.0. The summed E-state index contributed by atoms with van der Waals surface area (Å²) < 4.78 is 0. The molecule has 0 aliphatic rings. The molecule has 1 unspecified atom stereocenters. The molecule has 0 saturated heterocycles. The molecule has 0 aliphatic heterocycles. The fourth-order valence-corrected chi connectivity index (χ4v) is 1.48. The highest BCUT2D eigenvalue weighted by Gasteiger charge is 2.14. The van der Waals surface area contributed by atoms with E-state index in [0.29, 0.717) is 0 Å². The van der Waals surface area contributed by atoms with E-state index in [1.165, 1.54) is 25.7 Å². The number of hydrogen-bond acceptors (Lipinski definition) is 4. The summed E-state index contributed by atoms with van der Waals surface area (Å²) >= 11 is 0. The van der Waals surface area contributed by atoms with Gasteiger partial charge in [-0.3, -0.25) is 4.84 Å². The van der Waals surface area contributed by atoms with Crippen LogP contribution in [-0.4, -0.2) is 5.97 Å². The number of hydrogen-bond donors (Lipinski definition) is 0. The van der Waals surface area contributed by atoms with Crippen LogP contribution in [0.2, 0.25) is 0 Å². The zero-order valence-corrected chi connectivity index (χ0v) is 9.70. The Balaban J connectivity index is 3.34. The largest absolute Gasteiger partial charge is 0.341 e. The second-order valence-electron chi connectivity index (χ2n) is 3.94. The lowest BCUT2D eigenvalue weighted by Gasteiger charge is -2.06. The Morgan fingerprint density at radius 2 is 1.80 bits per heavy atom. The van der Waals surface area contributed by atoms with Crippen molar-refractivity contribution in [2.75, 3.05) is 0 Å². The van der Waals surface area contributed by atoms with Crippen molar-refractivity contribution in [1.82, 2.24) is 0 Å². The Morgan fingerprint density at radius 1 is 1.20 bits per heavy atom. The first-order valence-corrected chi connectivity index (χ1v) is 5.75. The number of nitrogens with zero attached hydrogens (tertiary/aromatic N) is 1. The van der Waals surface area contributed by atoms with E-state index in [9.17, 15) is 9.70 Å². The van der Waals surface area contributed by atoms with Gasteiger partial charge in [0, 0.05) is 0 Å². The summed E-state index contributed by atoms with van der Waals surface area (Å²) in [6.45, 7) is 3.95. The summed E-state index contributed by atoms with van der Waals surface area (Å²) in [5, 5.41) is 2.13. The first-order chi connectivity index (χ1) is 7.22. The third-order valence-corrected chi connectivity index (χ3v) is 2.52. The van der Waals surface area contributed by atoms with Crippen LogP contribution in [0.15, 0.2) is 5.34 Å². The third kappa shape index (κ3) is 8.09. The molecule has 0 N–H and O–H groups in total. The lowest BCUT2D eigenvalue weighted by atomic mass is 10.0. The van der Waals surface area contributed by atoms with E-state index in [1.807, 2.05) is 0 Å². The van der Waals surface area contributed by atoms with Crippen molar-refractivity contribution in [3.63, 3.8) is 0 Å². The molecule has 4 nitrogen and oxygen atoms in total. The van der Waals surface area contributed by atoms with Gasteiger partial charge in [0.05, 0.1) is 5.92 Å². The second-order valence-corrected chi connectivity index (χ2v) is 3.94. The molecule has 4 heteroatoms. The van der Waals surface area contributed by atoms with Crippen molar-refractivity contribution in [3.05, 3.63) is 4.91 Å². The Hall–Kier alpha value is -0.930. The van der Waals surface area contributed by atoms with Crippen LogP contribution in [0.25, 0.3) is 0 Å². The van der Waals surface area contributed by atoms with Gasteiger partial charge in [-0.2, -0.15) is 0 Å². The van der Waals surface area contributed by atoms with Crippen LogP contribution < -0.4 is 0 Å². The quantitative estimate of drug-likeness (QED) is 0.335. The molecule has 0 amide bonds. The smallest absolute Gasteiger partial charge is 0.284 e. The molecule has 0 aromatic rings. The van der Waals surface area contributed by atoms with Gasteiger partial charge in [0.15, 0.2) is 5.34 Å². The molecule has 0 rings (SSSR count). The summed E-state index contributed by atoms with van der Waals surface area (Å²) in [5.41, 5.74) is 0. The van der Waals surface area contributed by atoms with Gasteiger partial charge >= 0.3 is 5.97 Å². The molecule has 15 heavy (non-hydrogen) atoms. The monoisotopic (exact) mass is 215 g/mol. The summed E-state index contributed by atoms with van der Waals surface area (Å²) in [7, 11) is 0. The third-order valence-electron chi connectivity index (χ3n) is 2.52. The Kier molecular flexibility index (Phi) is 9.02. The maximum absolute atomic E-state index is 11.0. The predicted octanol–water partition coefficient (Wildman–Crippen LogP) is 3.60. The van der Waals surface area contributed by atoms with Gasteiger partial charge in [-0.1, -0.05) is 52.4 Å². The zero-order chi connectivity index (χ0) is 11.5. The second kappa shape index (κ2) is 9.62. The highest BCUT2D eigenvalue weighted by Crippen LogP contribution is 2.13. The first-order valence-electron chi connectivity index (χ1n) is 5.75. The molecular formula is C11H21NO3. The Bertz CT molecular complexity index is 183. The number of unbranched alkanes of at least 4 members (excludes halogenated alkanes) is 5. The molecule has 0 saturated carbocycles. The fraction of sp³-hybridized carbons (Fsp3) is 0.909. The molecule has 88 valence electrons. The molecule has 0 fully saturated rings. The van der Waals surface area contributed by atoms with E-state index in [4.69, 9.17) is 0 Å². The molecule has 0 aliphatic carbocycles. The molecule has 0 aromatic heterocycles. The van der Waals surface area contributed by atoms with Crippen LogP contribution in [0.5, 0.6) is 0 Å². The van der Waals surface area contributed by atoms with E-state index in [2.05, 4.69) is 17.1 Å². The van der Waals surface area contributed by atoms with Crippen LogP contribution in [0.1, 0.15) is 58.8 Å². The molecule has 0 spiro atoms. The van der Waals surface area contributed by atoms with Crippen LogP contribution in [0, 0.1) is 10.8 Å². The SMILES string of the molecule is CCCCCCCCC(C)C(=O)ON=O. The highest BCUT2D eigenvalue weighted by atomic mass is 16.7. The number of rotatable bonds is 9. The minimum atomic E-state index is -0.515. The maximum Gasteiger partial charge on any atom is 0.341 e. The number of carbonyl (C=O) groups excluding carboxylic acids is 1. The van der Waals surface area contributed by atoms with Gasteiger partial charge in [-0.15, -0.1) is 4.91 Å². The molecule has 1 atom stereocenters. The Morgan fingerprint density at radius 3 is 2.40 bits per heavy atom. The van der Waals surface area contributed by atoms with Crippen molar-refractivity contribution in [2.24, 2.45) is 11.3 Å². The normalized spacial score (nSPS) is 12.1. The van der Waals surface area contributed by atoms with Gasteiger partial charge in [-0.25, -0.2) is 4.79 Å². The fourth-order valence-electron chi connectivity index (χ4n) is 1.48. The van der Waals surface area contributed by atoms with Crippen LogP contribution in [-0.2, 0) is 9.63 Å². The summed E-state index contributed by atoms with van der Waals surface area (Å²) in [4.78, 5) is 24.7. The van der Waals surface area contributed by atoms with Gasteiger partial charge in [0.2, 0.25) is 0 Å². The standard InChI is InChI=1S/C11H21NO3/c1-3-4-5-6-7-8-9-10(2)11(13)15-12-14/h10H,3-9H2,1-2H3. The molecular weight excluding hydrogens is 194 g/mol. The van der Waals surface area contributed by atoms with E-state index < -0.39 is 5.97 Å². The van der Waals surface area contributed by atoms with Crippen LogP contribution >= 0.6 is 0 Å². The minimum Gasteiger partial charge on any atom is -0.284 e. The van der Waals surface area contributed by atoms with Crippen molar-refractivity contribution in [3.8, 4) is 0 Å². The van der Waals surface area contributed by atoms with Gasteiger partial charge in [0.25, 0.3) is 0 Å². The van der Waals surface area contributed by atoms with Crippen molar-refractivity contribution in [2.45, 2.75) is 58.8 Å². The summed E-state index contributed by atoms with van der Waals surface area (Å²) in [6, 6.07) is 0. The molecule has 0 radical (unpaired) electrons. The van der Waals surface area contributed by atoms with Crippen LogP contribution in [0.4, 0.5) is 0 Å².